The Kier molecular flexibility index (Phi) is 10.9. The SMILES string of the molecule is CCOP(=O)(OCC)C(CC(C=O)C(C)(C)C)P(=O)(OCC)OCC. The number of hydrogen-bond acceptors (Lipinski definition) is 7. The molecule has 0 aliphatic rings. The van der Waals surface area contributed by atoms with Gasteiger partial charge >= 0.3 is 15.2 Å². The first-order valence-corrected chi connectivity index (χ1v) is 12.0. The van der Waals surface area contributed by atoms with Crippen LogP contribution >= 0.6 is 15.2 Å². The highest BCUT2D eigenvalue weighted by Gasteiger charge is 2.52. The van der Waals surface area contributed by atoms with E-state index in [1.807, 2.05) is 20.8 Å². The number of carbonyl (C=O) groups is 1. The second kappa shape index (κ2) is 11.0. The molecule has 25 heavy (non-hydrogen) atoms. The summed E-state index contributed by atoms with van der Waals surface area (Å²) in [5.74, 6) is -0.513. The Morgan fingerprint density at radius 3 is 1.32 bits per heavy atom. The average molecular weight is 400 g/mol. The highest BCUT2D eigenvalue weighted by Crippen LogP contribution is 2.72. The molecular formula is C16H34O7P2. The first kappa shape index (κ1) is 25.0. The van der Waals surface area contributed by atoms with E-state index >= 15 is 0 Å². The molecule has 0 spiro atoms. The van der Waals surface area contributed by atoms with Crippen LogP contribution in [0.4, 0.5) is 0 Å². The van der Waals surface area contributed by atoms with Crippen molar-refractivity contribution in [1.29, 1.82) is 0 Å². The summed E-state index contributed by atoms with van der Waals surface area (Å²) in [5.41, 5.74) is -0.410. The Morgan fingerprint density at radius 2 is 1.12 bits per heavy atom. The average Bonchev–Trinajstić information content (AvgIpc) is 2.47. The van der Waals surface area contributed by atoms with E-state index in [0.29, 0.717) is 0 Å². The van der Waals surface area contributed by atoms with Crippen molar-refractivity contribution >= 4 is 21.5 Å². The largest absolute Gasteiger partial charge is 0.345 e. The second-order valence-electron chi connectivity index (χ2n) is 6.58. The van der Waals surface area contributed by atoms with Crippen LogP contribution in [-0.2, 0) is 32.0 Å². The maximum absolute atomic E-state index is 13.4. The fourth-order valence-corrected chi connectivity index (χ4v) is 7.84. The van der Waals surface area contributed by atoms with Gasteiger partial charge in [0.25, 0.3) is 0 Å². The summed E-state index contributed by atoms with van der Waals surface area (Å²) in [6.07, 6.45) is 0.818. The molecule has 0 saturated carbocycles. The molecule has 0 fully saturated rings. The minimum atomic E-state index is -3.82. The second-order valence-corrected chi connectivity index (χ2v) is 11.4. The molecule has 0 bridgehead atoms. The van der Waals surface area contributed by atoms with E-state index in [1.165, 1.54) is 0 Å². The van der Waals surface area contributed by atoms with Gasteiger partial charge in [0.15, 0.2) is 5.40 Å². The molecule has 0 amide bonds. The molecule has 1 unspecified atom stereocenters. The van der Waals surface area contributed by atoms with Gasteiger partial charge in [-0.1, -0.05) is 20.8 Å². The first-order chi connectivity index (χ1) is 11.5. The summed E-state index contributed by atoms with van der Waals surface area (Å²) in [5, 5.41) is -1.16. The van der Waals surface area contributed by atoms with Crippen LogP contribution in [0.5, 0.6) is 0 Å². The van der Waals surface area contributed by atoms with Gasteiger partial charge in [-0.05, 0) is 39.5 Å². The van der Waals surface area contributed by atoms with Crippen LogP contribution in [0.25, 0.3) is 0 Å². The molecule has 9 heteroatoms. The normalized spacial score (nSPS) is 14.7. The highest BCUT2D eigenvalue weighted by molar-refractivity contribution is 7.72. The molecule has 1 atom stereocenters. The van der Waals surface area contributed by atoms with Crippen LogP contribution in [0, 0.1) is 11.3 Å². The van der Waals surface area contributed by atoms with Crippen molar-refractivity contribution in [3.8, 4) is 0 Å². The van der Waals surface area contributed by atoms with E-state index in [4.69, 9.17) is 18.1 Å². The number of rotatable bonds is 13. The zero-order chi connectivity index (χ0) is 19.7. The van der Waals surface area contributed by atoms with Gasteiger partial charge in [0.2, 0.25) is 0 Å². The van der Waals surface area contributed by atoms with Crippen LogP contribution < -0.4 is 0 Å². The molecule has 0 aromatic rings. The lowest BCUT2D eigenvalue weighted by atomic mass is 9.80. The van der Waals surface area contributed by atoms with E-state index in [0.717, 1.165) is 6.29 Å². The van der Waals surface area contributed by atoms with Crippen molar-refractivity contribution in [3.63, 3.8) is 0 Å². The standard InChI is InChI=1S/C16H34O7P2/c1-8-20-24(18,21-9-2)15(12-14(13-17)16(5,6)7)25(19,22-10-3)23-11-4/h13-15H,8-12H2,1-7H3. The third-order valence-electron chi connectivity index (χ3n) is 3.71. The lowest BCUT2D eigenvalue weighted by molar-refractivity contribution is -0.114. The smallest absolute Gasteiger partial charge is 0.308 e. The summed E-state index contributed by atoms with van der Waals surface area (Å²) in [4.78, 5) is 11.6. The zero-order valence-electron chi connectivity index (χ0n) is 16.5. The van der Waals surface area contributed by atoms with E-state index in [-0.39, 0.29) is 32.8 Å². The topological polar surface area (TPSA) is 88.1 Å². The third-order valence-corrected chi connectivity index (χ3v) is 9.76. The Hall–Kier alpha value is -0.0300. The molecule has 0 aliphatic carbocycles. The molecule has 0 aromatic carbocycles. The maximum Gasteiger partial charge on any atom is 0.345 e. The summed E-state index contributed by atoms with van der Waals surface area (Å²) in [7, 11) is -7.64. The van der Waals surface area contributed by atoms with Crippen LogP contribution in [0.1, 0.15) is 54.9 Å². The predicted molar refractivity (Wildman–Crippen MR) is 99.1 cm³/mol. The van der Waals surface area contributed by atoms with E-state index in [9.17, 15) is 13.9 Å². The molecule has 0 N–H and O–H groups in total. The number of carbonyl (C=O) groups excluding carboxylic acids is 1. The lowest BCUT2D eigenvalue weighted by Gasteiger charge is -2.35. The summed E-state index contributed by atoms with van der Waals surface area (Å²) in [6, 6.07) is 0. The van der Waals surface area contributed by atoms with Crippen molar-refractivity contribution in [2.45, 2.75) is 60.3 Å². The van der Waals surface area contributed by atoms with Gasteiger partial charge in [0, 0.05) is 5.92 Å². The van der Waals surface area contributed by atoms with Gasteiger partial charge in [-0.3, -0.25) is 9.13 Å². The van der Waals surface area contributed by atoms with Crippen LogP contribution in [0.2, 0.25) is 0 Å². The molecule has 0 radical (unpaired) electrons. The van der Waals surface area contributed by atoms with Crippen molar-refractivity contribution in [1.82, 2.24) is 0 Å². The van der Waals surface area contributed by atoms with Crippen molar-refractivity contribution in [2.75, 3.05) is 26.4 Å². The maximum atomic E-state index is 13.4. The molecule has 0 rings (SSSR count). The molecule has 0 saturated heterocycles. The lowest BCUT2D eigenvalue weighted by Crippen LogP contribution is -2.28. The van der Waals surface area contributed by atoms with E-state index in [1.54, 1.807) is 27.7 Å². The highest BCUT2D eigenvalue weighted by atomic mass is 31.2. The predicted octanol–water partition coefficient (Wildman–Crippen LogP) is 5.10. The van der Waals surface area contributed by atoms with Crippen molar-refractivity contribution < 1.29 is 32.0 Å². The summed E-state index contributed by atoms with van der Waals surface area (Å²) < 4.78 is 48.4. The fraction of sp³-hybridized carbons (Fsp3) is 0.938. The molecule has 150 valence electrons. The summed E-state index contributed by atoms with van der Waals surface area (Å²) in [6.45, 7) is 12.9. The Labute approximate surface area is 152 Å². The van der Waals surface area contributed by atoms with Gasteiger partial charge in [0.1, 0.15) is 6.29 Å². The molecule has 0 heterocycles. The molecular weight excluding hydrogens is 366 g/mol. The van der Waals surface area contributed by atoms with Gasteiger partial charge in [0.05, 0.1) is 26.4 Å². The zero-order valence-corrected chi connectivity index (χ0v) is 18.3. The quantitative estimate of drug-likeness (QED) is 0.314. The molecule has 0 aromatic heterocycles. The number of aldehydes is 1. The van der Waals surface area contributed by atoms with Crippen molar-refractivity contribution in [2.24, 2.45) is 11.3 Å². The minimum Gasteiger partial charge on any atom is -0.308 e. The first-order valence-electron chi connectivity index (χ1n) is 8.77. The fourth-order valence-electron chi connectivity index (χ4n) is 2.41. The Bertz CT molecular complexity index is 437. The van der Waals surface area contributed by atoms with Gasteiger partial charge in [-0.25, -0.2) is 0 Å². The third kappa shape index (κ3) is 7.24. The van der Waals surface area contributed by atoms with Crippen LogP contribution in [-0.4, -0.2) is 38.1 Å². The van der Waals surface area contributed by atoms with E-state index < -0.39 is 31.9 Å². The van der Waals surface area contributed by atoms with E-state index in [2.05, 4.69) is 0 Å². The molecule has 0 aliphatic heterocycles. The van der Waals surface area contributed by atoms with Gasteiger partial charge < -0.3 is 22.9 Å². The van der Waals surface area contributed by atoms with Gasteiger partial charge in [-0.2, -0.15) is 0 Å². The summed E-state index contributed by atoms with van der Waals surface area (Å²) >= 11 is 0. The Morgan fingerprint density at radius 1 is 0.800 bits per heavy atom. The van der Waals surface area contributed by atoms with Gasteiger partial charge in [-0.15, -0.1) is 0 Å². The molecule has 7 nitrogen and oxygen atoms in total. The Balaban J connectivity index is 6.13. The number of hydrogen-bond donors (Lipinski definition) is 0. The monoisotopic (exact) mass is 400 g/mol. The van der Waals surface area contributed by atoms with Crippen LogP contribution in [0.3, 0.4) is 0 Å². The minimum absolute atomic E-state index is 0.0293. The van der Waals surface area contributed by atoms with Crippen molar-refractivity contribution in [3.05, 3.63) is 0 Å². The van der Waals surface area contributed by atoms with Crippen LogP contribution in [0.15, 0.2) is 0 Å².